The molecule has 0 bridgehead atoms. The fourth-order valence-electron chi connectivity index (χ4n) is 1.69. The minimum Gasteiger partial charge on any atom is -0.461 e. The fourth-order valence-corrected chi connectivity index (χ4v) is 1.69. The number of hydrogen-bond acceptors (Lipinski definition) is 3. The van der Waals surface area contributed by atoms with Gasteiger partial charge in [-0.2, -0.15) is 18.3 Å². The van der Waals surface area contributed by atoms with Gasteiger partial charge in [0.05, 0.1) is 17.9 Å². The van der Waals surface area contributed by atoms with Gasteiger partial charge in [0.1, 0.15) is 0 Å². The third-order valence-electron chi connectivity index (χ3n) is 2.53. The van der Waals surface area contributed by atoms with Crippen LogP contribution >= 0.6 is 0 Å². The van der Waals surface area contributed by atoms with Gasteiger partial charge < -0.3 is 4.74 Å². The number of alkyl halides is 3. The Bertz CT molecular complexity index is 620. The summed E-state index contributed by atoms with van der Waals surface area (Å²) < 4.78 is 44.4. The van der Waals surface area contributed by atoms with E-state index in [9.17, 15) is 18.0 Å². The van der Waals surface area contributed by atoms with Crippen LogP contribution in [0, 0.1) is 0 Å². The van der Waals surface area contributed by atoms with Gasteiger partial charge >= 0.3 is 12.1 Å². The summed E-state index contributed by atoms with van der Waals surface area (Å²) in [5, 5.41) is 3.82. The maximum Gasteiger partial charge on any atom is 0.418 e. The Morgan fingerprint density at radius 2 is 2.00 bits per heavy atom. The topological polar surface area (TPSA) is 44.1 Å². The van der Waals surface area contributed by atoms with Gasteiger partial charge in [-0.1, -0.05) is 12.1 Å². The summed E-state index contributed by atoms with van der Waals surface area (Å²) >= 11 is 0. The lowest BCUT2D eigenvalue weighted by Crippen LogP contribution is -2.12. The molecule has 0 radical (unpaired) electrons. The average molecular weight is 284 g/mol. The minimum atomic E-state index is -4.49. The van der Waals surface area contributed by atoms with Crippen LogP contribution in [-0.2, 0) is 10.9 Å². The van der Waals surface area contributed by atoms with Crippen molar-refractivity contribution >= 4 is 5.97 Å². The molecule has 0 unspecified atom stereocenters. The van der Waals surface area contributed by atoms with Crippen LogP contribution in [0.5, 0.6) is 0 Å². The molecule has 0 N–H and O–H groups in total. The number of rotatable bonds is 3. The van der Waals surface area contributed by atoms with Gasteiger partial charge in [-0.3, -0.25) is 0 Å². The first-order chi connectivity index (χ1) is 9.43. The van der Waals surface area contributed by atoms with Crippen molar-refractivity contribution in [3.63, 3.8) is 0 Å². The number of halogens is 3. The summed E-state index contributed by atoms with van der Waals surface area (Å²) in [5.74, 6) is -0.671. The molecule has 0 fully saturated rings. The van der Waals surface area contributed by atoms with Crippen molar-refractivity contribution in [1.29, 1.82) is 0 Å². The van der Waals surface area contributed by atoms with E-state index in [0.717, 1.165) is 10.7 Å². The Balaban J connectivity index is 2.41. The summed E-state index contributed by atoms with van der Waals surface area (Å²) in [4.78, 5) is 11.5. The van der Waals surface area contributed by atoms with E-state index < -0.39 is 17.7 Å². The normalized spacial score (nSPS) is 11.4. The monoisotopic (exact) mass is 284 g/mol. The molecule has 0 aliphatic carbocycles. The Morgan fingerprint density at radius 1 is 1.30 bits per heavy atom. The molecule has 0 aliphatic rings. The van der Waals surface area contributed by atoms with E-state index in [-0.39, 0.29) is 18.0 Å². The summed E-state index contributed by atoms with van der Waals surface area (Å²) in [7, 11) is 0. The van der Waals surface area contributed by atoms with Gasteiger partial charge in [-0.05, 0) is 25.1 Å². The number of carbonyl (C=O) groups excluding carboxylic acids is 1. The Labute approximate surface area is 112 Å². The standard InChI is InChI=1S/C13H11F3N2O2/c1-2-20-12(19)10-7-8-18(17-10)11-6-4-3-5-9(11)13(14,15)16/h3-8H,2H2,1H3. The summed E-state index contributed by atoms with van der Waals surface area (Å²) in [6, 6.07) is 6.31. The lowest BCUT2D eigenvalue weighted by atomic mass is 10.2. The van der Waals surface area contributed by atoms with Gasteiger partial charge in [0.15, 0.2) is 5.69 Å². The summed E-state index contributed by atoms with van der Waals surface area (Å²) in [6.07, 6.45) is -3.20. The van der Waals surface area contributed by atoms with Crippen LogP contribution in [0.1, 0.15) is 23.0 Å². The van der Waals surface area contributed by atoms with Crippen LogP contribution in [-0.4, -0.2) is 22.4 Å². The molecule has 1 heterocycles. The Hall–Kier alpha value is -2.31. The molecule has 0 spiro atoms. The van der Waals surface area contributed by atoms with E-state index in [2.05, 4.69) is 5.10 Å². The molecule has 2 rings (SSSR count). The van der Waals surface area contributed by atoms with Crippen molar-refractivity contribution in [1.82, 2.24) is 9.78 Å². The first kappa shape index (κ1) is 14.1. The van der Waals surface area contributed by atoms with Crippen molar-refractivity contribution in [3.8, 4) is 5.69 Å². The zero-order chi connectivity index (χ0) is 14.8. The smallest absolute Gasteiger partial charge is 0.418 e. The summed E-state index contributed by atoms with van der Waals surface area (Å²) in [5.41, 5.74) is -1.00. The SMILES string of the molecule is CCOC(=O)c1ccn(-c2ccccc2C(F)(F)F)n1. The highest BCUT2D eigenvalue weighted by molar-refractivity contribution is 5.87. The highest BCUT2D eigenvalue weighted by Gasteiger charge is 2.34. The zero-order valence-corrected chi connectivity index (χ0v) is 10.5. The van der Waals surface area contributed by atoms with Crippen LogP contribution in [0.4, 0.5) is 13.2 Å². The molecule has 20 heavy (non-hydrogen) atoms. The van der Waals surface area contributed by atoms with Crippen molar-refractivity contribution in [3.05, 3.63) is 47.8 Å². The van der Waals surface area contributed by atoms with Crippen molar-refractivity contribution in [2.75, 3.05) is 6.61 Å². The molecular formula is C13H11F3N2O2. The molecule has 1 aromatic heterocycles. The van der Waals surface area contributed by atoms with Gasteiger partial charge in [0.25, 0.3) is 0 Å². The van der Waals surface area contributed by atoms with Crippen molar-refractivity contribution in [2.24, 2.45) is 0 Å². The van der Waals surface area contributed by atoms with Crippen molar-refractivity contribution < 1.29 is 22.7 Å². The highest BCUT2D eigenvalue weighted by atomic mass is 19.4. The van der Waals surface area contributed by atoms with Crippen LogP contribution in [0.2, 0.25) is 0 Å². The third kappa shape index (κ3) is 2.81. The molecular weight excluding hydrogens is 273 g/mol. The minimum absolute atomic E-state index is 0.0381. The summed E-state index contributed by atoms with van der Waals surface area (Å²) in [6.45, 7) is 1.80. The van der Waals surface area contributed by atoms with Gasteiger partial charge in [-0.15, -0.1) is 0 Å². The van der Waals surface area contributed by atoms with Crippen LogP contribution in [0.25, 0.3) is 5.69 Å². The second-order valence-electron chi connectivity index (χ2n) is 3.88. The number of aromatic nitrogens is 2. The molecule has 1 aromatic carbocycles. The number of carbonyl (C=O) groups is 1. The molecule has 7 heteroatoms. The van der Waals surface area contributed by atoms with Crippen LogP contribution in [0.15, 0.2) is 36.5 Å². The first-order valence-corrected chi connectivity index (χ1v) is 5.83. The lowest BCUT2D eigenvalue weighted by Gasteiger charge is -2.12. The van der Waals surface area contributed by atoms with E-state index >= 15 is 0 Å². The van der Waals surface area contributed by atoms with Gasteiger partial charge in [0, 0.05) is 6.20 Å². The molecule has 106 valence electrons. The molecule has 0 atom stereocenters. The molecule has 0 aliphatic heterocycles. The van der Waals surface area contributed by atoms with E-state index in [1.54, 1.807) is 6.92 Å². The number of hydrogen-bond donors (Lipinski definition) is 0. The maximum absolute atomic E-state index is 12.9. The number of esters is 1. The van der Waals surface area contributed by atoms with Crippen LogP contribution in [0.3, 0.4) is 0 Å². The quantitative estimate of drug-likeness (QED) is 0.814. The van der Waals surface area contributed by atoms with E-state index in [1.165, 1.54) is 30.5 Å². The first-order valence-electron chi connectivity index (χ1n) is 5.83. The molecule has 0 saturated heterocycles. The van der Waals surface area contributed by atoms with E-state index in [4.69, 9.17) is 4.74 Å². The number of benzene rings is 1. The Morgan fingerprint density at radius 3 is 2.65 bits per heavy atom. The molecule has 0 amide bonds. The predicted molar refractivity (Wildman–Crippen MR) is 64.5 cm³/mol. The van der Waals surface area contributed by atoms with Crippen LogP contribution < -0.4 is 0 Å². The van der Waals surface area contributed by atoms with Gasteiger partial charge in [0.2, 0.25) is 0 Å². The largest absolute Gasteiger partial charge is 0.461 e. The maximum atomic E-state index is 12.9. The number of para-hydroxylation sites is 1. The lowest BCUT2D eigenvalue weighted by molar-refractivity contribution is -0.137. The molecule has 2 aromatic rings. The number of nitrogens with zero attached hydrogens (tertiary/aromatic N) is 2. The zero-order valence-electron chi connectivity index (χ0n) is 10.5. The fraction of sp³-hybridized carbons (Fsp3) is 0.231. The number of ether oxygens (including phenoxy) is 1. The predicted octanol–water partition coefficient (Wildman–Crippen LogP) is 3.07. The van der Waals surface area contributed by atoms with E-state index in [0.29, 0.717) is 0 Å². The Kier molecular flexibility index (Phi) is 3.78. The third-order valence-corrected chi connectivity index (χ3v) is 2.53. The second-order valence-corrected chi connectivity index (χ2v) is 3.88. The van der Waals surface area contributed by atoms with Gasteiger partial charge in [-0.25, -0.2) is 9.48 Å². The molecule has 4 nitrogen and oxygen atoms in total. The van der Waals surface area contributed by atoms with Crippen molar-refractivity contribution in [2.45, 2.75) is 13.1 Å². The second kappa shape index (κ2) is 5.36. The van der Waals surface area contributed by atoms with E-state index in [1.807, 2.05) is 0 Å². The highest BCUT2D eigenvalue weighted by Crippen LogP contribution is 2.33. The average Bonchev–Trinajstić information content (AvgIpc) is 2.87. The molecule has 0 saturated carbocycles.